The summed E-state index contributed by atoms with van der Waals surface area (Å²) in [6, 6.07) is 2.12. The molecule has 0 heterocycles. The second-order valence-corrected chi connectivity index (χ2v) is 6.92. The van der Waals surface area contributed by atoms with Crippen molar-refractivity contribution in [3.05, 3.63) is 23.0 Å². The lowest BCUT2D eigenvalue weighted by molar-refractivity contribution is -0.122. The Morgan fingerprint density at radius 2 is 2.05 bits per heavy atom. The zero-order valence-corrected chi connectivity index (χ0v) is 12.6. The third-order valence-corrected chi connectivity index (χ3v) is 4.71. The van der Waals surface area contributed by atoms with Gasteiger partial charge in [0.15, 0.2) is 5.82 Å². The number of benzene rings is 1. The summed E-state index contributed by atoms with van der Waals surface area (Å²) < 4.78 is 39.9. The van der Waals surface area contributed by atoms with Crippen molar-refractivity contribution in [2.24, 2.45) is 5.92 Å². The van der Waals surface area contributed by atoms with E-state index in [0.29, 0.717) is 0 Å². The zero-order valence-electron chi connectivity index (χ0n) is 11.0. The molecule has 1 fully saturated rings. The fraction of sp³-hybridized carbons (Fsp3) is 0.417. The largest absolute Gasteiger partial charge is 0.399 e. The Morgan fingerprint density at radius 3 is 2.67 bits per heavy atom. The fourth-order valence-corrected chi connectivity index (χ4v) is 3.17. The molecule has 1 aromatic rings. The lowest BCUT2D eigenvalue weighted by Crippen LogP contribution is -2.35. The highest BCUT2D eigenvalue weighted by Gasteiger charge is 2.29. The monoisotopic (exact) mass is 335 g/mol. The molecule has 1 aromatic carbocycles. The van der Waals surface area contributed by atoms with Crippen molar-refractivity contribution >= 4 is 33.2 Å². The number of halogens is 2. The molecule has 1 aliphatic carbocycles. The van der Waals surface area contributed by atoms with Gasteiger partial charge in [-0.2, -0.15) is 0 Å². The molecule has 2 rings (SSSR count). The summed E-state index contributed by atoms with van der Waals surface area (Å²) in [6.45, 7) is 0.0822. The first kappa shape index (κ1) is 16.0. The van der Waals surface area contributed by atoms with Gasteiger partial charge in [0.2, 0.25) is 15.9 Å². The number of nitrogens with one attached hydrogen (secondary N) is 2. The molecule has 0 aliphatic heterocycles. The first-order chi connectivity index (χ1) is 9.81. The van der Waals surface area contributed by atoms with Crippen LogP contribution in [0.3, 0.4) is 0 Å². The number of nitrogens with two attached hydrogens (primary N) is 1. The number of carbonyl (C=O) groups excluding carboxylic acids is 1. The van der Waals surface area contributed by atoms with Crippen LogP contribution in [0.1, 0.15) is 12.8 Å². The third kappa shape index (κ3) is 4.05. The van der Waals surface area contributed by atoms with Gasteiger partial charge in [0.25, 0.3) is 0 Å². The number of hydrogen-bond donors (Lipinski definition) is 3. The molecule has 6 nitrogen and oxygen atoms in total. The van der Waals surface area contributed by atoms with Crippen LogP contribution in [0.4, 0.5) is 10.1 Å². The van der Waals surface area contributed by atoms with E-state index in [1.54, 1.807) is 0 Å². The van der Waals surface area contributed by atoms with Crippen LogP contribution in [0.15, 0.2) is 17.0 Å². The topological polar surface area (TPSA) is 101 Å². The molecule has 4 N–H and O–H groups in total. The van der Waals surface area contributed by atoms with Crippen molar-refractivity contribution in [1.82, 2.24) is 10.0 Å². The van der Waals surface area contributed by atoms with Crippen molar-refractivity contribution in [2.45, 2.75) is 17.7 Å². The molecule has 0 atom stereocenters. The maximum absolute atomic E-state index is 13.8. The van der Waals surface area contributed by atoms with Gasteiger partial charge >= 0.3 is 0 Å². The molecule has 9 heteroatoms. The van der Waals surface area contributed by atoms with Gasteiger partial charge in [0, 0.05) is 24.7 Å². The van der Waals surface area contributed by atoms with Crippen LogP contribution in [0.5, 0.6) is 0 Å². The first-order valence-corrected chi connectivity index (χ1v) is 8.19. The van der Waals surface area contributed by atoms with Crippen molar-refractivity contribution < 1.29 is 17.6 Å². The van der Waals surface area contributed by atoms with Crippen molar-refractivity contribution in [3.63, 3.8) is 0 Å². The van der Waals surface area contributed by atoms with E-state index in [1.165, 1.54) is 0 Å². The van der Waals surface area contributed by atoms with Crippen molar-refractivity contribution in [2.75, 3.05) is 18.8 Å². The molecule has 0 bridgehead atoms. The van der Waals surface area contributed by atoms with Gasteiger partial charge in [0.1, 0.15) is 4.90 Å². The standard InChI is InChI=1S/C12H15ClFN3O3S/c13-9-5-8(15)6-10(11(9)14)21(19,20)17-4-3-16-12(18)7-1-2-7/h5-7,17H,1-4,15H2,(H,16,18). The van der Waals surface area contributed by atoms with Crippen LogP contribution >= 0.6 is 11.6 Å². The summed E-state index contributed by atoms with van der Waals surface area (Å²) in [6.07, 6.45) is 1.73. The minimum absolute atomic E-state index is 0.0452. The predicted molar refractivity (Wildman–Crippen MR) is 76.7 cm³/mol. The van der Waals surface area contributed by atoms with E-state index in [4.69, 9.17) is 17.3 Å². The second-order valence-electron chi connectivity index (χ2n) is 4.78. The van der Waals surface area contributed by atoms with Gasteiger partial charge < -0.3 is 11.1 Å². The number of amides is 1. The molecule has 0 spiro atoms. The maximum Gasteiger partial charge on any atom is 0.243 e. The lowest BCUT2D eigenvalue weighted by atomic mass is 10.3. The Bertz CT molecular complexity index is 662. The predicted octanol–water partition coefficient (Wildman–Crippen LogP) is 0.866. The molecule has 1 amide bonds. The van der Waals surface area contributed by atoms with E-state index in [9.17, 15) is 17.6 Å². The molecule has 0 aromatic heterocycles. The molecule has 1 aliphatic rings. The van der Waals surface area contributed by atoms with Gasteiger partial charge in [-0.1, -0.05) is 11.6 Å². The second kappa shape index (κ2) is 6.17. The molecule has 116 valence electrons. The smallest absolute Gasteiger partial charge is 0.243 e. The van der Waals surface area contributed by atoms with E-state index in [1.807, 2.05) is 0 Å². The molecule has 21 heavy (non-hydrogen) atoms. The van der Waals surface area contributed by atoms with Crippen LogP contribution in [0, 0.1) is 11.7 Å². The third-order valence-electron chi connectivity index (χ3n) is 2.97. The molecule has 0 saturated heterocycles. The van der Waals surface area contributed by atoms with Crippen LogP contribution in [0.25, 0.3) is 0 Å². The summed E-state index contributed by atoms with van der Waals surface area (Å²) in [5.74, 6) is -1.10. The summed E-state index contributed by atoms with van der Waals surface area (Å²) in [5, 5.41) is 2.23. The molecular formula is C12H15ClFN3O3S. The average Bonchev–Trinajstić information content (AvgIpc) is 3.23. The van der Waals surface area contributed by atoms with E-state index in [2.05, 4.69) is 10.0 Å². The number of carbonyl (C=O) groups is 1. The average molecular weight is 336 g/mol. The van der Waals surface area contributed by atoms with E-state index >= 15 is 0 Å². The Kier molecular flexibility index (Phi) is 4.70. The van der Waals surface area contributed by atoms with Crippen LogP contribution in [-0.4, -0.2) is 27.4 Å². The normalized spacial score (nSPS) is 15.0. The lowest BCUT2D eigenvalue weighted by Gasteiger charge is -2.10. The summed E-state index contributed by atoms with van der Waals surface area (Å²) >= 11 is 5.57. The number of hydrogen-bond acceptors (Lipinski definition) is 4. The van der Waals surface area contributed by atoms with Crippen LogP contribution in [-0.2, 0) is 14.8 Å². The number of rotatable bonds is 6. The molecule has 0 radical (unpaired) electrons. The van der Waals surface area contributed by atoms with E-state index < -0.39 is 20.7 Å². The van der Waals surface area contributed by atoms with Crippen molar-refractivity contribution in [3.8, 4) is 0 Å². The zero-order chi connectivity index (χ0) is 15.6. The van der Waals surface area contributed by atoms with Crippen molar-refractivity contribution in [1.29, 1.82) is 0 Å². The molecule has 1 saturated carbocycles. The van der Waals surface area contributed by atoms with Gasteiger partial charge in [0.05, 0.1) is 5.02 Å². The number of anilines is 1. The van der Waals surface area contributed by atoms with E-state index in [0.717, 1.165) is 25.0 Å². The highest BCUT2D eigenvalue weighted by Crippen LogP contribution is 2.28. The summed E-state index contributed by atoms with van der Waals surface area (Å²) in [5.41, 5.74) is 5.50. The van der Waals surface area contributed by atoms with Gasteiger partial charge in [-0.15, -0.1) is 0 Å². The van der Waals surface area contributed by atoms with Crippen LogP contribution < -0.4 is 15.8 Å². The summed E-state index contributed by atoms with van der Waals surface area (Å²) in [4.78, 5) is 10.8. The SMILES string of the molecule is Nc1cc(Cl)c(F)c(S(=O)(=O)NCCNC(=O)C2CC2)c1. The maximum atomic E-state index is 13.8. The fourth-order valence-electron chi connectivity index (χ4n) is 1.72. The minimum Gasteiger partial charge on any atom is -0.399 e. The van der Waals surface area contributed by atoms with E-state index in [-0.39, 0.29) is 35.6 Å². The van der Waals surface area contributed by atoms with Gasteiger partial charge in [-0.3, -0.25) is 4.79 Å². The van der Waals surface area contributed by atoms with Gasteiger partial charge in [-0.05, 0) is 25.0 Å². The highest BCUT2D eigenvalue weighted by atomic mass is 35.5. The Hall–Kier alpha value is -1.38. The Labute approximate surface area is 126 Å². The molecular weight excluding hydrogens is 321 g/mol. The Balaban J connectivity index is 1.96. The van der Waals surface area contributed by atoms with Gasteiger partial charge in [-0.25, -0.2) is 17.5 Å². The first-order valence-electron chi connectivity index (χ1n) is 6.33. The van der Waals surface area contributed by atoms with Crippen LogP contribution in [0.2, 0.25) is 5.02 Å². The summed E-state index contributed by atoms with van der Waals surface area (Å²) in [7, 11) is -4.08. The number of sulfonamides is 1. The molecule has 0 unspecified atom stereocenters. The minimum atomic E-state index is -4.08. The Morgan fingerprint density at radius 1 is 1.38 bits per heavy atom. The quantitative estimate of drug-likeness (QED) is 0.530. The highest BCUT2D eigenvalue weighted by molar-refractivity contribution is 7.89. The number of nitrogen functional groups attached to an aromatic ring is 1.